The first-order valence-electron chi connectivity index (χ1n) is 32.9. The van der Waals surface area contributed by atoms with E-state index in [1.54, 1.807) is 0 Å². The van der Waals surface area contributed by atoms with Gasteiger partial charge in [-0.1, -0.05) is 280 Å². The molecule has 0 aliphatic rings. The smallest absolute Gasteiger partial charge is 0.306 e. The van der Waals surface area contributed by atoms with E-state index >= 15 is 0 Å². The fourth-order valence-corrected chi connectivity index (χ4v) is 9.48. The molecule has 0 bridgehead atoms. The molecule has 0 aromatic rings. The van der Waals surface area contributed by atoms with E-state index in [0.29, 0.717) is 19.3 Å². The molecule has 440 valence electrons. The summed E-state index contributed by atoms with van der Waals surface area (Å²) in [7, 11) is 0. The third kappa shape index (κ3) is 61.7. The lowest BCUT2D eigenvalue weighted by Crippen LogP contribution is -2.30. The number of hydrogen-bond donors (Lipinski definition) is 0. The van der Waals surface area contributed by atoms with Crippen LogP contribution in [0.4, 0.5) is 0 Å². The Morgan fingerprint density at radius 3 is 0.842 bits per heavy atom. The Bertz CT molecular complexity index is 1400. The van der Waals surface area contributed by atoms with Crippen molar-refractivity contribution < 1.29 is 28.6 Å². The van der Waals surface area contributed by atoms with E-state index in [4.69, 9.17) is 14.2 Å². The summed E-state index contributed by atoms with van der Waals surface area (Å²) in [5.74, 6) is -0.906. The van der Waals surface area contributed by atoms with Crippen molar-refractivity contribution in [3.63, 3.8) is 0 Å². The molecule has 0 radical (unpaired) electrons. The lowest BCUT2D eigenvalue weighted by molar-refractivity contribution is -0.167. The van der Waals surface area contributed by atoms with Gasteiger partial charge in [-0.25, -0.2) is 0 Å². The minimum absolute atomic E-state index is 0.0858. The van der Waals surface area contributed by atoms with Crippen LogP contribution in [0, 0.1) is 0 Å². The maximum absolute atomic E-state index is 12.9. The molecule has 6 heteroatoms. The zero-order valence-corrected chi connectivity index (χ0v) is 50.5. The summed E-state index contributed by atoms with van der Waals surface area (Å²) in [5, 5.41) is 0. The molecule has 1 atom stereocenters. The van der Waals surface area contributed by atoms with Gasteiger partial charge in [-0.15, -0.1) is 0 Å². The number of unbranched alkanes of at least 4 members (excludes halogenated alkanes) is 37. The van der Waals surface area contributed by atoms with Gasteiger partial charge in [0.1, 0.15) is 13.2 Å². The highest BCUT2D eigenvalue weighted by Gasteiger charge is 2.19. The third-order valence-electron chi connectivity index (χ3n) is 14.4. The Morgan fingerprint density at radius 1 is 0.276 bits per heavy atom. The van der Waals surface area contributed by atoms with E-state index in [1.807, 2.05) is 0 Å². The van der Waals surface area contributed by atoms with E-state index in [0.717, 1.165) is 103 Å². The molecule has 0 aromatic carbocycles. The standard InChI is InChI=1S/C70H124O6/c1-4-7-10-13-16-19-22-25-27-29-30-31-32-33-34-35-36-37-38-39-40-42-43-45-48-51-54-57-60-63-69(72)75-66-67(65-74-68(71)62-59-56-53-50-47-24-21-18-15-12-9-6-3)76-70(73)64-61-58-55-52-49-46-44-41-28-26-23-20-17-14-11-8-5-2/h8,11,17-18,20-21,26,28-30,44,46,67H,4-7,9-10,12-16,19,22-25,27,31-43,45,47-66H2,1-3H3/b11-8-,20-17-,21-18-,28-26-,30-29-,46-44-. The second kappa shape index (κ2) is 64.4. The largest absolute Gasteiger partial charge is 0.462 e. The first kappa shape index (κ1) is 72.8. The Morgan fingerprint density at radius 2 is 0.513 bits per heavy atom. The fourth-order valence-electron chi connectivity index (χ4n) is 9.48. The molecule has 0 aliphatic carbocycles. The first-order valence-corrected chi connectivity index (χ1v) is 32.9. The summed E-state index contributed by atoms with van der Waals surface area (Å²) in [6, 6.07) is 0. The van der Waals surface area contributed by atoms with Gasteiger partial charge in [-0.05, 0) is 109 Å². The number of esters is 3. The minimum atomic E-state index is -0.791. The summed E-state index contributed by atoms with van der Waals surface area (Å²) in [4.78, 5) is 38.3. The number of rotatable bonds is 60. The summed E-state index contributed by atoms with van der Waals surface area (Å²) >= 11 is 0. The van der Waals surface area contributed by atoms with Crippen molar-refractivity contribution in [1.29, 1.82) is 0 Å². The normalized spacial score (nSPS) is 12.5. The lowest BCUT2D eigenvalue weighted by atomic mass is 10.0. The Hall–Kier alpha value is -3.15. The minimum Gasteiger partial charge on any atom is -0.462 e. The van der Waals surface area contributed by atoms with Crippen LogP contribution in [0.1, 0.15) is 335 Å². The van der Waals surface area contributed by atoms with Crippen molar-refractivity contribution in [2.45, 2.75) is 341 Å². The van der Waals surface area contributed by atoms with Crippen LogP contribution in [0.3, 0.4) is 0 Å². The predicted molar refractivity (Wildman–Crippen MR) is 330 cm³/mol. The maximum atomic E-state index is 12.9. The van der Waals surface area contributed by atoms with Crippen molar-refractivity contribution >= 4 is 17.9 Å². The number of hydrogen-bond acceptors (Lipinski definition) is 6. The summed E-state index contributed by atoms with van der Waals surface area (Å²) in [6.45, 7) is 6.51. The summed E-state index contributed by atoms with van der Waals surface area (Å²) < 4.78 is 16.9. The van der Waals surface area contributed by atoms with Crippen LogP contribution in [0.5, 0.6) is 0 Å². The van der Waals surface area contributed by atoms with Gasteiger partial charge in [0.05, 0.1) is 0 Å². The molecule has 0 aliphatic heterocycles. The summed E-state index contributed by atoms with van der Waals surface area (Å²) in [6.07, 6.45) is 83.6. The van der Waals surface area contributed by atoms with Gasteiger partial charge in [0.15, 0.2) is 6.10 Å². The molecule has 0 rings (SSSR count). The van der Waals surface area contributed by atoms with Crippen LogP contribution in [-0.2, 0) is 28.6 Å². The van der Waals surface area contributed by atoms with Gasteiger partial charge in [0.25, 0.3) is 0 Å². The van der Waals surface area contributed by atoms with Crippen molar-refractivity contribution in [1.82, 2.24) is 0 Å². The highest BCUT2D eigenvalue weighted by atomic mass is 16.6. The number of allylic oxidation sites excluding steroid dienone is 12. The zero-order chi connectivity index (χ0) is 55.0. The summed E-state index contributed by atoms with van der Waals surface area (Å²) in [5.41, 5.74) is 0. The average Bonchev–Trinajstić information content (AvgIpc) is 3.42. The Labute approximate surface area is 472 Å². The van der Waals surface area contributed by atoms with Crippen molar-refractivity contribution in [2.75, 3.05) is 13.2 Å². The first-order chi connectivity index (χ1) is 37.5. The van der Waals surface area contributed by atoms with E-state index < -0.39 is 6.10 Å². The van der Waals surface area contributed by atoms with E-state index in [-0.39, 0.29) is 31.1 Å². The second-order valence-electron chi connectivity index (χ2n) is 22.0. The number of carbonyl (C=O) groups is 3. The zero-order valence-electron chi connectivity index (χ0n) is 50.5. The molecule has 0 saturated heterocycles. The van der Waals surface area contributed by atoms with Crippen LogP contribution in [0.25, 0.3) is 0 Å². The van der Waals surface area contributed by atoms with E-state index in [2.05, 4.69) is 93.7 Å². The molecular formula is C70H124O6. The molecule has 0 heterocycles. The van der Waals surface area contributed by atoms with Gasteiger partial charge < -0.3 is 14.2 Å². The topological polar surface area (TPSA) is 78.9 Å². The quantitative estimate of drug-likeness (QED) is 0.0261. The molecule has 1 unspecified atom stereocenters. The van der Waals surface area contributed by atoms with E-state index in [9.17, 15) is 14.4 Å². The lowest BCUT2D eigenvalue weighted by Gasteiger charge is -2.18. The average molecular weight is 1060 g/mol. The van der Waals surface area contributed by atoms with Gasteiger partial charge in [-0.2, -0.15) is 0 Å². The van der Waals surface area contributed by atoms with E-state index in [1.165, 1.54) is 193 Å². The molecule has 0 spiro atoms. The van der Waals surface area contributed by atoms with Crippen LogP contribution >= 0.6 is 0 Å². The highest BCUT2D eigenvalue weighted by molar-refractivity contribution is 5.71. The van der Waals surface area contributed by atoms with Crippen LogP contribution in [0.2, 0.25) is 0 Å². The Kier molecular flexibility index (Phi) is 61.7. The molecular weight excluding hydrogens is 937 g/mol. The predicted octanol–water partition coefficient (Wildman–Crippen LogP) is 22.5. The maximum Gasteiger partial charge on any atom is 0.306 e. The molecule has 0 saturated carbocycles. The van der Waals surface area contributed by atoms with Gasteiger partial charge in [0.2, 0.25) is 0 Å². The number of ether oxygens (including phenoxy) is 3. The van der Waals surface area contributed by atoms with Crippen molar-refractivity contribution in [3.05, 3.63) is 72.9 Å². The molecule has 0 N–H and O–H groups in total. The monoisotopic (exact) mass is 1060 g/mol. The Balaban J connectivity index is 4.21. The molecule has 76 heavy (non-hydrogen) atoms. The van der Waals surface area contributed by atoms with Gasteiger partial charge >= 0.3 is 17.9 Å². The fraction of sp³-hybridized carbons (Fsp3) is 0.786. The van der Waals surface area contributed by atoms with Gasteiger partial charge in [0, 0.05) is 19.3 Å². The second-order valence-corrected chi connectivity index (χ2v) is 22.0. The molecule has 6 nitrogen and oxygen atoms in total. The molecule has 0 fully saturated rings. The van der Waals surface area contributed by atoms with Crippen LogP contribution in [0.15, 0.2) is 72.9 Å². The van der Waals surface area contributed by atoms with Crippen LogP contribution < -0.4 is 0 Å². The van der Waals surface area contributed by atoms with Crippen molar-refractivity contribution in [3.8, 4) is 0 Å². The van der Waals surface area contributed by atoms with Crippen molar-refractivity contribution in [2.24, 2.45) is 0 Å². The van der Waals surface area contributed by atoms with Gasteiger partial charge in [-0.3, -0.25) is 14.4 Å². The van der Waals surface area contributed by atoms with Crippen LogP contribution in [-0.4, -0.2) is 37.2 Å². The SMILES string of the molecule is CC/C=C\C/C=C\C/C=C\C/C=C\CCCCCCC(=O)OC(COC(=O)CCCCCCC/C=C\CCCCC)COC(=O)CCCCCCCCCCCCCCCCCCC/C=C\CCCCCCCCCC. The molecule has 0 amide bonds. The number of carbonyl (C=O) groups excluding carboxylic acids is 3. The highest BCUT2D eigenvalue weighted by Crippen LogP contribution is 2.17. The molecule has 0 aromatic heterocycles. The third-order valence-corrected chi connectivity index (χ3v) is 14.4.